The van der Waals surface area contributed by atoms with Crippen molar-refractivity contribution in [2.45, 2.75) is 20.8 Å². The topological polar surface area (TPSA) is 61.6 Å². The molecule has 0 saturated carbocycles. The Kier molecular flexibility index (Phi) is 3.24. The molecule has 0 radical (unpaired) electrons. The first-order valence-corrected chi connectivity index (χ1v) is 5.68. The van der Waals surface area contributed by atoms with E-state index in [4.69, 9.17) is 5.26 Å². The second kappa shape index (κ2) is 4.84. The van der Waals surface area contributed by atoms with Gasteiger partial charge in [0, 0.05) is 11.4 Å². The second-order valence-corrected chi connectivity index (χ2v) is 4.25. The van der Waals surface area contributed by atoms with Crippen LogP contribution < -0.4 is 5.32 Å². The van der Waals surface area contributed by atoms with E-state index in [0.29, 0.717) is 11.6 Å². The highest BCUT2D eigenvalue weighted by atomic mass is 15.1. The van der Waals surface area contributed by atoms with E-state index >= 15 is 0 Å². The number of anilines is 2. The van der Waals surface area contributed by atoms with E-state index in [9.17, 15) is 0 Å². The molecule has 90 valence electrons. The maximum absolute atomic E-state index is 8.87. The van der Waals surface area contributed by atoms with Crippen molar-refractivity contribution in [2.75, 3.05) is 5.32 Å². The summed E-state index contributed by atoms with van der Waals surface area (Å²) in [5, 5.41) is 12.0. The lowest BCUT2D eigenvalue weighted by Crippen LogP contribution is -2.00. The highest BCUT2D eigenvalue weighted by Gasteiger charge is 2.03. The zero-order valence-electron chi connectivity index (χ0n) is 10.7. The quantitative estimate of drug-likeness (QED) is 0.873. The Bertz CT molecular complexity index is 626. The van der Waals surface area contributed by atoms with Gasteiger partial charge >= 0.3 is 0 Å². The smallest absolute Gasteiger partial charge is 0.228 e. The molecule has 2 rings (SSSR count). The predicted molar refractivity (Wildman–Crippen MR) is 70.7 cm³/mol. The summed E-state index contributed by atoms with van der Waals surface area (Å²) >= 11 is 0. The Morgan fingerprint density at radius 3 is 2.50 bits per heavy atom. The molecular formula is C14H14N4. The summed E-state index contributed by atoms with van der Waals surface area (Å²) in [5.74, 6) is 0.454. The first-order chi connectivity index (χ1) is 8.58. The number of benzene rings is 1. The van der Waals surface area contributed by atoms with Crippen LogP contribution in [0.3, 0.4) is 0 Å². The van der Waals surface area contributed by atoms with E-state index in [2.05, 4.69) is 29.1 Å². The fourth-order valence-corrected chi connectivity index (χ4v) is 1.63. The fourth-order valence-electron chi connectivity index (χ4n) is 1.63. The van der Waals surface area contributed by atoms with E-state index in [1.54, 1.807) is 6.07 Å². The van der Waals surface area contributed by atoms with E-state index in [-0.39, 0.29) is 0 Å². The third kappa shape index (κ3) is 2.64. The summed E-state index contributed by atoms with van der Waals surface area (Å²) in [6.45, 7) is 5.96. The molecule has 1 heterocycles. The summed E-state index contributed by atoms with van der Waals surface area (Å²) in [6.07, 6.45) is 0. The van der Waals surface area contributed by atoms with Gasteiger partial charge in [-0.1, -0.05) is 6.07 Å². The van der Waals surface area contributed by atoms with E-state index in [1.165, 1.54) is 11.1 Å². The number of hydrogen-bond acceptors (Lipinski definition) is 4. The van der Waals surface area contributed by atoms with Crippen LogP contribution in [-0.2, 0) is 0 Å². The van der Waals surface area contributed by atoms with Crippen molar-refractivity contribution < 1.29 is 0 Å². The summed E-state index contributed by atoms with van der Waals surface area (Å²) in [5.41, 5.74) is 4.51. The van der Waals surface area contributed by atoms with Crippen LogP contribution in [0.4, 0.5) is 11.6 Å². The lowest BCUT2D eigenvalue weighted by Gasteiger charge is -2.08. The molecule has 0 spiro atoms. The minimum Gasteiger partial charge on any atom is -0.324 e. The normalized spacial score (nSPS) is 9.89. The molecule has 2 aromatic rings. The molecule has 1 N–H and O–H groups in total. The largest absolute Gasteiger partial charge is 0.324 e. The van der Waals surface area contributed by atoms with Crippen molar-refractivity contribution >= 4 is 11.6 Å². The summed E-state index contributed by atoms with van der Waals surface area (Å²) in [4.78, 5) is 8.37. The van der Waals surface area contributed by atoms with Crippen molar-refractivity contribution in [1.82, 2.24) is 9.97 Å². The van der Waals surface area contributed by atoms with Crippen LogP contribution in [0.5, 0.6) is 0 Å². The zero-order valence-corrected chi connectivity index (χ0v) is 10.7. The standard InChI is InChI=1S/C14H14N4/c1-9-4-5-12(6-10(9)2)17-14-16-11(3)7-13(8-15)18-14/h4-7H,1-3H3,(H,16,17,18). The average molecular weight is 238 g/mol. The third-order valence-corrected chi connectivity index (χ3v) is 2.73. The van der Waals surface area contributed by atoms with Crippen LogP contribution in [0.25, 0.3) is 0 Å². The van der Waals surface area contributed by atoms with Gasteiger partial charge in [0.15, 0.2) is 0 Å². The molecule has 1 aromatic heterocycles. The molecule has 0 fully saturated rings. The number of aromatic nitrogens is 2. The van der Waals surface area contributed by atoms with Gasteiger partial charge in [-0.05, 0) is 50.1 Å². The SMILES string of the molecule is Cc1cc(C#N)nc(Nc2ccc(C)c(C)c2)n1. The molecule has 0 saturated heterocycles. The van der Waals surface area contributed by atoms with Crippen LogP contribution in [0.2, 0.25) is 0 Å². The van der Waals surface area contributed by atoms with Gasteiger partial charge in [0.1, 0.15) is 11.8 Å². The van der Waals surface area contributed by atoms with E-state index in [1.807, 2.05) is 31.2 Å². The van der Waals surface area contributed by atoms with Gasteiger partial charge < -0.3 is 5.32 Å². The van der Waals surface area contributed by atoms with Crippen molar-refractivity contribution in [2.24, 2.45) is 0 Å². The molecule has 4 nitrogen and oxygen atoms in total. The Labute approximate surface area is 106 Å². The van der Waals surface area contributed by atoms with Crippen LogP contribution in [0, 0.1) is 32.1 Å². The molecule has 0 aliphatic heterocycles. The van der Waals surface area contributed by atoms with Gasteiger partial charge in [0.25, 0.3) is 0 Å². The first kappa shape index (κ1) is 12.1. The van der Waals surface area contributed by atoms with Gasteiger partial charge in [0.2, 0.25) is 5.95 Å². The maximum atomic E-state index is 8.87. The molecule has 0 aliphatic rings. The Hall–Kier alpha value is -2.41. The number of nitrogens with one attached hydrogen (secondary N) is 1. The van der Waals surface area contributed by atoms with Crippen LogP contribution in [0.1, 0.15) is 22.5 Å². The Morgan fingerprint density at radius 1 is 1.06 bits per heavy atom. The monoisotopic (exact) mass is 238 g/mol. The molecule has 18 heavy (non-hydrogen) atoms. The molecule has 1 aromatic carbocycles. The van der Waals surface area contributed by atoms with Crippen LogP contribution in [-0.4, -0.2) is 9.97 Å². The summed E-state index contributed by atoms with van der Waals surface area (Å²) < 4.78 is 0. The molecule has 0 atom stereocenters. The third-order valence-electron chi connectivity index (χ3n) is 2.73. The van der Waals surface area contributed by atoms with Crippen LogP contribution in [0.15, 0.2) is 24.3 Å². The minimum absolute atomic E-state index is 0.369. The lowest BCUT2D eigenvalue weighted by atomic mass is 10.1. The Balaban J connectivity index is 2.31. The highest BCUT2D eigenvalue weighted by molar-refractivity contribution is 5.56. The van der Waals surface area contributed by atoms with E-state index < -0.39 is 0 Å². The minimum atomic E-state index is 0.369. The number of aryl methyl sites for hydroxylation is 3. The van der Waals surface area contributed by atoms with Crippen molar-refractivity contribution in [3.63, 3.8) is 0 Å². The highest BCUT2D eigenvalue weighted by Crippen LogP contribution is 2.17. The Morgan fingerprint density at radius 2 is 1.83 bits per heavy atom. The van der Waals surface area contributed by atoms with Gasteiger partial charge in [-0.2, -0.15) is 5.26 Å². The molecule has 0 unspecified atom stereocenters. The maximum Gasteiger partial charge on any atom is 0.228 e. The van der Waals surface area contributed by atoms with Crippen LogP contribution >= 0.6 is 0 Å². The zero-order chi connectivity index (χ0) is 13.1. The molecular weight excluding hydrogens is 224 g/mol. The molecule has 4 heteroatoms. The fraction of sp³-hybridized carbons (Fsp3) is 0.214. The molecule has 0 aliphatic carbocycles. The number of hydrogen-bond donors (Lipinski definition) is 1. The van der Waals surface area contributed by atoms with Crippen molar-refractivity contribution in [3.8, 4) is 6.07 Å². The summed E-state index contributed by atoms with van der Waals surface area (Å²) in [7, 11) is 0. The molecule has 0 amide bonds. The lowest BCUT2D eigenvalue weighted by molar-refractivity contribution is 1.09. The number of rotatable bonds is 2. The average Bonchev–Trinajstić information content (AvgIpc) is 2.33. The molecule has 0 bridgehead atoms. The number of nitriles is 1. The first-order valence-electron chi connectivity index (χ1n) is 5.68. The second-order valence-electron chi connectivity index (χ2n) is 4.25. The van der Waals surface area contributed by atoms with Gasteiger partial charge in [-0.25, -0.2) is 9.97 Å². The van der Waals surface area contributed by atoms with Crippen molar-refractivity contribution in [1.29, 1.82) is 5.26 Å². The van der Waals surface area contributed by atoms with Gasteiger partial charge in [0.05, 0.1) is 0 Å². The summed E-state index contributed by atoms with van der Waals surface area (Å²) in [6, 6.07) is 9.73. The van der Waals surface area contributed by atoms with E-state index in [0.717, 1.165) is 11.4 Å². The predicted octanol–water partition coefficient (Wildman–Crippen LogP) is 3.02. The van der Waals surface area contributed by atoms with Gasteiger partial charge in [-0.3, -0.25) is 0 Å². The number of nitrogens with zero attached hydrogens (tertiary/aromatic N) is 3. The van der Waals surface area contributed by atoms with Gasteiger partial charge in [-0.15, -0.1) is 0 Å². The van der Waals surface area contributed by atoms with Crippen molar-refractivity contribution in [3.05, 3.63) is 46.8 Å².